The van der Waals surface area contributed by atoms with Crippen molar-refractivity contribution in [2.24, 2.45) is 10.8 Å². The zero-order chi connectivity index (χ0) is 13.1. The highest BCUT2D eigenvalue weighted by atomic mass is 19.2. The predicted molar refractivity (Wildman–Crippen MR) is 69.5 cm³/mol. The molecule has 0 spiro atoms. The van der Waals surface area contributed by atoms with Crippen LogP contribution in [0.15, 0.2) is 0 Å². The lowest BCUT2D eigenvalue weighted by molar-refractivity contribution is -0.0722. The molecule has 1 rings (SSSR count). The second-order valence-corrected chi connectivity index (χ2v) is 6.48. The van der Waals surface area contributed by atoms with Gasteiger partial charge in [0.25, 0.3) is 0 Å². The molecule has 1 atom stereocenters. The van der Waals surface area contributed by atoms with Crippen LogP contribution in [0.4, 0.5) is 4.48 Å². The molecule has 0 bridgehead atoms. The Labute approximate surface area is 105 Å². The average Bonchev–Trinajstić information content (AvgIpc) is 2.23. The molecule has 0 aliphatic heterocycles. The summed E-state index contributed by atoms with van der Waals surface area (Å²) in [6, 6.07) is 0. The zero-order valence-electron chi connectivity index (χ0n) is 12.1. The van der Waals surface area contributed by atoms with Gasteiger partial charge in [-0.25, -0.2) is 0 Å². The summed E-state index contributed by atoms with van der Waals surface area (Å²) in [5.74, 6) is 0. The number of halogens is 1. The first-order valence-electron chi connectivity index (χ1n) is 6.76. The van der Waals surface area contributed by atoms with Gasteiger partial charge < -0.3 is 4.74 Å². The monoisotopic (exact) mass is 245 g/mol. The van der Waals surface area contributed by atoms with Gasteiger partial charge in [-0.3, -0.25) is 0 Å². The van der Waals surface area contributed by atoms with E-state index in [1.54, 1.807) is 7.11 Å². The molecule has 1 aliphatic rings. The van der Waals surface area contributed by atoms with Crippen molar-refractivity contribution < 1.29 is 9.22 Å². The molecule has 1 aliphatic carbocycles. The van der Waals surface area contributed by atoms with Crippen LogP contribution in [0.2, 0.25) is 0 Å². The van der Waals surface area contributed by atoms with Crippen molar-refractivity contribution in [1.29, 1.82) is 0 Å². The Hall–Kier alpha value is -0.150. The standard InChI is InChI=1S/C14H28FNO/c1-6-16(15)8-7-13(3)10-14(4,11-13)9-12(2)17-5/h12H,6-11H2,1-5H3. The molecule has 1 saturated carbocycles. The van der Waals surface area contributed by atoms with Crippen LogP contribution in [0.1, 0.15) is 53.4 Å². The fraction of sp³-hybridized carbons (Fsp3) is 1.00. The number of hydrogen-bond acceptors (Lipinski definition) is 2. The van der Waals surface area contributed by atoms with Crippen molar-refractivity contribution in [3.8, 4) is 0 Å². The van der Waals surface area contributed by atoms with Crippen molar-refractivity contribution in [2.75, 3.05) is 20.2 Å². The molecule has 0 radical (unpaired) electrons. The zero-order valence-corrected chi connectivity index (χ0v) is 12.1. The summed E-state index contributed by atoms with van der Waals surface area (Å²) in [6.07, 6.45) is 4.81. The maximum atomic E-state index is 13.1. The molecule has 0 aromatic rings. The SMILES string of the molecule is CCN(F)CCC1(C)CC(C)(CC(C)OC)C1. The van der Waals surface area contributed by atoms with Crippen LogP contribution >= 0.6 is 0 Å². The lowest BCUT2D eigenvalue weighted by Crippen LogP contribution is -2.45. The lowest BCUT2D eigenvalue weighted by Gasteiger charge is -2.54. The van der Waals surface area contributed by atoms with Gasteiger partial charge in [0.15, 0.2) is 0 Å². The number of nitrogens with zero attached hydrogens (tertiary/aromatic N) is 1. The van der Waals surface area contributed by atoms with Crippen molar-refractivity contribution in [3.05, 3.63) is 0 Å². The van der Waals surface area contributed by atoms with Gasteiger partial charge in [-0.2, -0.15) is 0 Å². The smallest absolute Gasteiger partial charge is 0.0548 e. The minimum atomic E-state index is 0.331. The number of rotatable bonds is 7. The third-order valence-corrected chi connectivity index (χ3v) is 4.19. The largest absolute Gasteiger partial charge is 0.382 e. The highest BCUT2D eigenvalue weighted by molar-refractivity contribution is 4.99. The predicted octanol–water partition coefficient (Wildman–Crippen LogP) is 3.81. The first-order valence-corrected chi connectivity index (χ1v) is 6.76. The number of ether oxygens (including phenoxy) is 1. The maximum absolute atomic E-state index is 13.1. The second-order valence-electron chi connectivity index (χ2n) is 6.48. The third kappa shape index (κ3) is 4.22. The fourth-order valence-corrected chi connectivity index (χ4v) is 3.66. The van der Waals surface area contributed by atoms with Gasteiger partial charge in [0.2, 0.25) is 0 Å². The first kappa shape index (κ1) is 14.9. The maximum Gasteiger partial charge on any atom is 0.0548 e. The Morgan fingerprint density at radius 3 is 2.35 bits per heavy atom. The van der Waals surface area contributed by atoms with E-state index in [1.165, 1.54) is 12.8 Å². The summed E-state index contributed by atoms with van der Waals surface area (Å²) in [5.41, 5.74) is 0.735. The van der Waals surface area contributed by atoms with Crippen molar-refractivity contribution in [2.45, 2.75) is 59.5 Å². The molecule has 0 N–H and O–H groups in total. The minimum Gasteiger partial charge on any atom is -0.382 e. The van der Waals surface area contributed by atoms with Crippen molar-refractivity contribution in [3.63, 3.8) is 0 Å². The van der Waals surface area contributed by atoms with Gasteiger partial charge in [0.1, 0.15) is 0 Å². The molecule has 0 aromatic heterocycles. The van der Waals surface area contributed by atoms with Crippen molar-refractivity contribution in [1.82, 2.24) is 5.12 Å². The van der Waals surface area contributed by atoms with Crippen LogP contribution in [0.25, 0.3) is 0 Å². The van der Waals surface area contributed by atoms with E-state index in [1.807, 2.05) is 6.92 Å². The molecule has 102 valence electrons. The highest BCUT2D eigenvalue weighted by Crippen LogP contribution is 2.58. The third-order valence-electron chi connectivity index (χ3n) is 4.19. The molecule has 1 fully saturated rings. The van der Waals surface area contributed by atoms with E-state index < -0.39 is 0 Å². The van der Waals surface area contributed by atoms with Crippen LogP contribution in [0.5, 0.6) is 0 Å². The van der Waals surface area contributed by atoms with Crippen LogP contribution in [0, 0.1) is 10.8 Å². The Bertz CT molecular complexity index is 238. The van der Waals surface area contributed by atoms with Gasteiger partial charge >= 0.3 is 0 Å². The van der Waals surface area contributed by atoms with Gasteiger partial charge in [-0.1, -0.05) is 13.8 Å². The number of hydrogen-bond donors (Lipinski definition) is 0. The Kier molecular flexibility index (Phi) is 4.96. The summed E-state index contributed by atoms with van der Waals surface area (Å²) < 4.78 is 18.4. The quantitative estimate of drug-likeness (QED) is 0.632. The summed E-state index contributed by atoms with van der Waals surface area (Å²) in [4.78, 5) is 0. The van der Waals surface area contributed by atoms with Gasteiger partial charge in [0, 0.05) is 20.2 Å². The molecular formula is C14H28FNO. The van der Waals surface area contributed by atoms with E-state index in [0.717, 1.165) is 18.0 Å². The van der Waals surface area contributed by atoms with E-state index in [9.17, 15) is 4.48 Å². The van der Waals surface area contributed by atoms with Crippen molar-refractivity contribution >= 4 is 0 Å². The molecule has 1 unspecified atom stereocenters. The molecule has 17 heavy (non-hydrogen) atoms. The van der Waals surface area contributed by atoms with Crippen LogP contribution < -0.4 is 0 Å². The average molecular weight is 245 g/mol. The van der Waals surface area contributed by atoms with Gasteiger partial charge in [-0.05, 0) is 50.4 Å². The second kappa shape index (κ2) is 5.66. The Balaban J connectivity index is 2.32. The fourth-order valence-electron chi connectivity index (χ4n) is 3.66. The molecule has 0 aromatic carbocycles. The summed E-state index contributed by atoms with van der Waals surface area (Å²) in [5, 5.41) is 0.915. The van der Waals surface area contributed by atoms with E-state index in [0.29, 0.717) is 30.0 Å². The molecule has 2 nitrogen and oxygen atoms in total. The van der Waals surface area contributed by atoms with E-state index in [-0.39, 0.29) is 0 Å². The Morgan fingerprint density at radius 2 is 1.88 bits per heavy atom. The Morgan fingerprint density at radius 1 is 1.29 bits per heavy atom. The summed E-state index contributed by atoms with van der Waals surface area (Å²) in [7, 11) is 1.77. The normalized spacial score (nSPS) is 34.8. The van der Waals surface area contributed by atoms with E-state index in [2.05, 4.69) is 20.8 Å². The number of methoxy groups -OCH3 is 1. The molecule has 0 amide bonds. The molecule has 3 heteroatoms. The highest BCUT2D eigenvalue weighted by Gasteiger charge is 2.48. The lowest BCUT2D eigenvalue weighted by atomic mass is 9.51. The van der Waals surface area contributed by atoms with E-state index in [4.69, 9.17) is 4.74 Å². The summed E-state index contributed by atoms with van der Waals surface area (Å²) in [6.45, 7) is 9.67. The topological polar surface area (TPSA) is 12.5 Å². The minimum absolute atomic E-state index is 0.331. The van der Waals surface area contributed by atoms with Crippen LogP contribution in [-0.2, 0) is 4.74 Å². The van der Waals surface area contributed by atoms with Crippen LogP contribution in [0.3, 0.4) is 0 Å². The summed E-state index contributed by atoms with van der Waals surface area (Å²) >= 11 is 0. The van der Waals surface area contributed by atoms with Crippen LogP contribution in [-0.4, -0.2) is 31.4 Å². The molecule has 0 saturated heterocycles. The molecular weight excluding hydrogens is 217 g/mol. The van der Waals surface area contributed by atoms with Gasteiger partial charge in [0.05, 0.1) is 6.10 Å². The van der Waals surface area contributed by atoms with Gasteiger partial charge in [-0.15, -0.1) is 9.60 Å². The molecule has 0 heterocycles. The first-order chi connectivity index (χ1) is 7.82. The van der Waals surface area contributed by atoms with E-state index >= 15 is 0 Å².